The van der Waals surface area contributed by atoms with Crippen molar-refractivity contribution in [3.05, 3.63) is 30.1 Å². The van der Waals surface area contributed by atoms with Gasteiger partial charge < -0.3 is 10.5 Å². The Morgan fingerprint density at radius 1 is 1.19 bits per heavy atom. The molecule has 0 aliphatic carbocycles. The molecule has 0 spiro atoms. The maximum Gasteiger partial charge on any atom is 0.180 e. The summed E-state index contributed by atoms with van der Waals surface area (Å²) in [5.41, 5.74) is 5.19. The summed E-state index contributed by atoms with van der Waals surface area (Å²) in [6, 6.07) is 4.72. The lowest BCUT2D eigenvalue weighted by Crippen LogP contribution is -2.16. The second kappa shape index (κ2) is 5.93. The van der Waals surface area contributed by atoms with Crippen molar-refractivity contribution in [2.45, 2.75) is 4.90 Å². The molecule has 1 aromatic rings. The molecule has 90 valence electrons. The molecule has 0 aliphatic heterocycles. The zero-order valence-electron chi connectivity index (χ0n) is 8.73. The highest BCUT2D eigenvalue weighted by atomic mass is 32.2. The Morgan fingerprint density at radius 3 is 2.38 bits per heavy atom. The summed E-state index contributed by atoms with van der Waals surface area (Å²) in [4.78, 5) is 0.102. The van der Waals surface area contributed by atoms with Gasteiger partial charge in [0.15, 0.2) is 9.84 Å². The zero-order valence-corrected chi connectivity index (χ0v) is 9.54. The molecule has 0 atom stereocenters. The van der Waals surface area contributed by atoms with Gasteiger partial charge in [-0.15, -0.1) is 0 Å². The average Bonchev–Trinajstić information content (AvgIpc) is 2.25. The first kappa shape index (κ1) is 13.1. The molecular weight excluding hydrogens is 233 g/mol. The third-order valence-electron chi connectivity index (χ3n) is 1.93. The summed E-state index contributed by atoms with van der Waals surface area (Å²) < 4.78 is 40.9. The Hall–Kier alpha value is -0.980. The monoisotopic (exact) mass is 247 g/mol. The second-order valence-electron chi connectivity index (χ2n) is 3.17. The molecule has 0 aromatic heterocycles. The van der Waals surface area contributed by atoms with Gasteiger partial charge in [0.25, 0.3) is 0 Å². The van der Waals surface area contributed by atoms with Crippen molar-refractivity contribution >= 4 is 9.84 Å². The van der Waals surface area contributed by atoms with Gasteiger partial charge in [-0.1, -0.05) is 0 Å². The van der Waals surface area contributed by atoms with Crippen LogP contribution in [0.15, 0.2) is 29.2 Å². The van der Waals surface area contributed by atoms with Crippen LogP contribution in [0.25, 0.3) is 0 Å². The summed E-state index contributed by atoms with van der Waals surface area (Å²) >= 11 is 0. The Labute approximate surface area is 94.1 Å². The van der Waals surface area contributed by atoms with Gasteiger partial charge in [-0.3, -0.25) is 0 Å². The van der Waals surface area contributed by atoms with Crippen LogP contribution in [0.3, 0.4) is 0 Å². The second-order valence-corrected chi connectivity index (χ2v) is 5.28. The molecule has 0 bridgehead atoms. The molecule has 0 fully saturated rings. The number of benzene rings is 1. The number of rotatable bonds is 6. The Morgan fingerprint density at radius 2 is 1.81 bits per heavy atom. The first-order chi connectivity index (χ1) is 7.56. The average molecular weight is 247 g/mol. The lowest BCUT2D eigenvalue weighted by Gasteiger charge is -2.04. The predicted molar refractivity (Wildman–Crippen MR) is 58.3 cm³/mol. The number of hydrogen-bond donors (Lipinski definition) is 1. The minimum absolute atomic E-state index is 0.0942. The van der Waals surface area contributed by atoms with E-state index in [1.807, 2.05) is 0 Å². The normalized spacial score (nSPS) is 11.6. The minimum atomic E-state index is -3.39. The highest BCUT2D eigenvalue weighted by Crippen LogP contribution is 2.11. The van der Waals surface area contributed by atoms with Gasteiger partial charge in [-0.05, 0) is 24.3 Å². The van der Waals surface area contributed by atoms with Gasteiger partial charge in [0, 0.05) is 6.54 Å². The van der Waals surface area contributed by atoms with E-state index in [1.54, 1.807) is 0 Å². The largest absolute Gasteiger partial charge is 0.379 e. The standard InChI is InChI=1S/C10H14FNO3S/c11-9-1-3-10(4-2-9)16(13,14)8-7-15-6-5-12/h1-4H,5-8,12H2. The molecule has 1 rings (SSSR count). The number of hydrogen-bond acceptors (Lipinski definition) is 4. The van der Waals surface area contributed by atoms with Crippen LogP contribution in [-0.2, 0) is 14.6 Å². The van der Waals surface area contributed by atoms with Crippen LogP contribution in [0.1, 0.15) is 0 Å². The number of halogens is 1. The maximum atomic E-state index is 12.6. The molecule has 0 aliphatic rings. The molecule has 0 saturated heterocycles. The van der Waals surface area contributed by atoms with Gasteiger partial charge in [-0.25, -0.2) is 12.8 Å². The van der Waals surface area contributed by atoms with E-state index in [0.29, 0.717) is 13.2 Å². The van der Waals surface area contributed by atoms with Crippen molar-refractivity contribution in [1.29, 1.82) is 0 Å². The van der Waals surface area contributed by atoms with Gasteiger partial charge in [0.05, 0.1) is 23.9 Å². The minimum Gasteiger partial charge on any atom is -0.379 e. The lowest BCUT2D eigenvalue weighted by molar-refractivity contribution is 0.157. The van der Waals surface area contributed by atoms with Gasteiger partial charge in [0.2, 0.25) is 0 Å². The van der Waals surface area contributed by atoms with Gasteiger partial charge >= 0.3 is 0 Å². The molecule has 0 unspecified atom stereocenters. The van der Waals surface area contributed by atoms with E-state index in [9.17, 15) is 12.8 Å². The number of ether oxygens (including phenoxy) is 1. The predicted octanol–water partition coefficient (Wildman–Crippen LogP) is 0.575. The number of nitrogens with two attached hydrogens (primary N) is 1. The highest BCUT2D eigenvalue weighted by molar-refractivity contribution is 7.91. The van der Waals surface area contributed by atoms with Crippen LogP contribution in [-0.4, -0.2) is 33.9 Å². The van der Waals surface area contributed by atoms with Crippen molar-refractivity contribution in [2.75, 3.05) is 25.5 Å². The molecule has 0 heterocycles. The van der Waals surface area contributed by atoms with Crippen LogP contribution in [0.5, 0.6) is 0 Å². The SMILES string of the molecule is NCCOCCS(=O)(=O)c1ccc(F)cc1. The Kier molecular flexibility index (Phi) is 4.85. The van der Waals surface area contributed by atoms with Gasteiger partial charge in [-0.2, -0.15) is 0 Å². The number of sulfone groups is 1. The van der Waals surface area contributed by atoms with E-state index < -0.39 is 15.7 Å². The van der Waals surface area contributed by atoms with Crippen LogP contribution < -0.4 is 5.73 Å². The summed E-state index contributed by atoms with van der Waals surface area (Å²) in [7, 11) is -3.39. The first-order valence-corrected chi connectivity index (χ1v) is 6.47. The third-order valence-corrected chi connectivity index (χ3v) is 3.63. The summed E-state index contributed by atoms with van der Waals surface area (Å²) in [6.07, 6.45) is 0. The van der Waals surface area contributed by atoms with Crippen molar-refractivity contribution in [1.82, 2.24) is 0 Å². The molecule has 4 nitrogen and oxygen atoms in total. The van der Waals surface area contributed by atoms with Gasteiger partial charge in [0.1, 0.15) is 5.82 Å². The molecule has 16 heavy (non-hydrogen) atoms. The highest BCUT2D eigenvalue weighted by Gasteiger charge is 2.13. The maximum absolute atomic E-state index is 12.6. The van der Waals surface area contributed by atoms with Crippen LogP contribution >= 0.6 is 0 Å². The molecule has 0 amide bonds. The fraction of sp³-hybridized carbons (Fsp3) is 0.400. The Bertz CT molecular complexity index is 416. The van der Waals surface area contributed by atoms with E-state index in [1.165, 1.54) is 12.1 Å². The van der Waals surface area contributed by atoms with Crippen molar-refractivity contribution < 1.29 is 17.5 Å². The molecular formula is C10H14FNO3S. The topological polar surface area (TPSA) is 69.4 Å². The van der Waals surface area contributed by atoms with Crippen molar-refractivity contribution in [3.8, 4) is 0 Å². The Balaban J connectivity index is 2.60. The molecule has 2 N–H and O–H groups in total. The molecule has 0 saturated carbocycles. The van der Waals surface area contributed by atoms with E-state index in [4.69, 9.17) is 10.5 Å². The summed E-state index contributed by atoms with van der Waals surface area (Å²) in [5.74, 6) is -0.586. The quantitative estimate of drug-likeness (QED) is 0.589. The van der Waals surface area contributed by atoms with Crippen molar-refractivity contribution in [2.24, 2.45) is 5.73 Å². The van der Waals surface area contributed by atoms with Crippen LogP contribution in [0.4, 0.5) is 4.39 Å². The molecule has 1 aromatic carbocycles. The molecule has 0 radical (unpaired) electrons. The zero-order chi connectivity index (χ0) is 12.0. The molecule has 6 heteroatoms. The van der Waals surface area contributed by atoms with Crippen molar-refractivity contribution in [3.63, 3.8) is 0 Å². The van der Waals surface area contributed by atoms with E-state index in [-0.39, 0.29) is 17.3 Å². The fourth-order valence-corrected chi connectivity index (χ4v) is 2.24. The summed E-state index contributed by atoms with van der Waals surface area (Å²) in [5, 5.41) is 0. The van der Waals surface area contributed by atoms with E-state index in [2.05, 4.69) is 0 Å². The smallest absolute Gasteiger partial charge is 0.180 e. The fourth-order valence-electron chi connectivity index (χ4n) is 1.11. The first-order valence-electron chi connectivity index (χ1n) is 4.82. The summed E-state index contributed by atoms with van der Waals surface area (Å²) in [6.45, 7) is 0.784. The van der Waals surface area contributed by atoms with Crippen LogP contribution in [0.2, 0.25) is 0 Å². The third kappa shape index (κ3) is 3.88. The van der Waals surface area contributed by atoms with E-state index in [0.717, 1.165) is 12.1 Å². The lowest BCUT2D eigenvalue weighted by atomic mass is 10.4. The van der Waals surface area contributed by atoms with E-state index >= 15 is 0 Å². The van der Waals surface area contributed by atoms with Crippen LogP contribution in [0, 0.1) is 5.82 Å².